The van der Waals surface area contributed by atoms with E-state index in [1.54, 1.807) is 6.33 Å². The molecule has 2 heterocycles. The molecule has 0 radical (unpaired) electrons. The van der Waals surface area contributed by atoms with Crippen molar-refractivity contribution < 1.29 is 0 Å². The molecule has 1 N–H and O–H groups in total. The number of rotatable bonds is 5. The van der Waals surface area contributed by atoms with Crippen LogP contribution in [0.25, 0.3) is 0 Å². The van der Waals surface area contributed by atoms with Gasteiger partial charge in [-0.3, -0.25) is 0 Å². The second-order valence-electron chi connectivity index (χ2n) is 4.78. The summed E-state index contributed by atoms with van der Waals surface area (Å²) in [4.78, 5) is 11.1. The largest absolute Gasteiger partial charge is 0.356 e. The third-order valence-corrected chi connectivity index (χ3v) is 3.32. The lowest BCUT2D eigenvalue weighted by atomic mass is 10.1. The van der Waals surface area contributed by atoms with Crippen LogP contribution in [0.15, 0.2) is 12.4 Å². The summed E-state index contributed by atoms with van der Waals surface area (Å²) in [6.07, 6.45) is 5.14. The zero-order valence-corrected chi connectivity index (χ0v) is 10.8. The van der Waals surface area contributed by atoms with Crippen molar-refractivity contribution in [3.05, 3.63) is 18.1 Å². The first kappa shape index (κ1) is 12.3. The first-order valence-corrected chi connectivity index (χ1v) is 6.54. The van der Waals surface area contributed by atoms with Crippen molar-refractivity contribution in [1.82, 2.24) is 15.3 Å². The summed E-state index contributed by atoms with van der Waals surface area (Å²) in [6, 6.07) is 2.14. The average Bonchev–Trinajstić information content (AvgIpc) is 2.79. The summed E-state index contributed by atoms with van der Waals surface area (Å²) in [5, 5.41) is 3.25. The third-order valence-electron chi connectivity index (χ3n) is 3.32. The van der Waals surface area contributed by atoms with Gasteiger partial charge in [0.15, 0.2) is 0 Å². The summed E-state index contributed by atoms with van der Waals surface area (Å²) in [7, 11) is 2.02. The van der Waals surface area contributed by atoms with Gasteiger partial charge in [-0.15, -0.1) is 0 Å². The third kappa shape index (κ3) is 3.16. The monoisotopic (exact) mass is 234 g/mol. The molecule has 0 aliphatic carbocycles. The first-order valence-electron chi connectivity index (χ1n) is 6.54. The van der Waals surface area contributed by atoms with Crippen molar-refractivity contribution in [2.24, 2.45) is 5.92 Å². The Morgan fingerprint density at radius 3 is 3.12 bits per heavy atom. The van der Waals surface area contributed by atoms with Crippen LogP contribution in [0.3, 0.4) is 0 Å². The molecule has 4 nitrogen and oxygen atoms in total. The van der Waals surface area contributed by atoms with E-state index in [1.807, 2.05) is 7.05 Å². The summed E-state index contributed by atoms with van der Waals surface area (Å²) in [5.74, 6) is 1.85. The van der Waals surface area contributed by atoms with Gasteiger partial charge >= 0.3 is 0 Å². The van der Waals surface area contributed by atoms with E-state index in [2.05, 4.69) is 33.2 Å². The van der Waals surface area contributed by atoms with Crippen molar-refractivity contribution in [1.29, 1.82) is 0 Å². The van der Waals surface area contributed by atoms with Crippen LogP contribution in [0.1, 0.15) is 25.5 Å². The molecule has 94 valence electrons. The maximum absolute atomic E-state index is 4.39. The summed E-state index contributed by atoms with van der Waals surface area (Å²) >= 11 is 0. The molecule has 0 amide bonds. The number of aryl methyl sites for hydroxylation is 1. The van der Waals surface area contributed by atoms with Crippen LogP contribution in [0.2, 0.25) is 0 Å². The molecular weight excluding hydrogens is 212 g/mol. The van der Waals surface area contributed by atoms with Gasteiger partial charge in [0.2, 0.25) is 0 Å². The molecule has 0 saturated carbocycles. The van der Waals surface area contributed by atoms with E-state index < -0.39 is 0 Å². The Hall–Kier alpha value is -1.16. The highest BCUT2D eigenvalue weighted by Gasteiger charge is 2.22. The molecule has 17 heavy (non-hydrogen) atoms. The molecule has 4 heteroatoms. The Morgan fingerprint density at radius 2 is 2.35 bits per heavy atom. The number of hydrogen-bond donors (Lipinski definition) is 1. The normalized spacial score (nSPS) is 19.9. The van der Waals surface area contributed by atoms with Gasteiger partial charge in [0, 0.05) is 24.8 Å². The zero-order valence-electron chi connectivity index (χ0n) is 10.8. The molecule has 1 fully saturated rings. The SMILES string of the molecule is CCCc1cc(N2CCC(CNC)C2)ncn1. The highest BCUT2D eigenvalue weighted by molar-refractivity contribution is 5.40. The van der Waals surface area contributed by atoms with Gasteiger partial charge in [-0.2, -0.15) is 0 Å². The average molecular weight is 234 g/mol. The van der Waals surface area contributed by atoms with Crippen LogP contribution in [-0.2, 0) is 6.42 Å². The molecule has 1 unspecified atom stereocenters. The first-order chi connectivity index (χ1) is 8.33. The summed E-state index contributed by atoms with van der Waals surface area (Å²) in [5.41, 5.74) is 1.16. The smallest absolute Gasteiger partial charge is 0.132 e. The predicted octanol–water partition coefficient (Wildman–Crippen LogP) is 1.47. The minimum Gasteiger partial charge on any atom is -0.356 e. The Labute approximate surface area is 103 Å². The fraction of sp³-hybridized carbons (Fsp3) is 0.692. The molecule has 1 aromatic rings. The second kappa shape index (κ2) is 5.96. The van der Waals surface area contributed by atoms with E-state index in [0.717, 1.165) is 49.9 Å². The molecule has 0 aromatic carbocycles. The fourth-order valence-electron chi connectivity index (χ4n) is 2.45. The van der Waals surface area contributed by atoms with Gasteiger partial charge in [0.25, 0.3) is 0 Å². The van der Waals surface area contributed by atoms with Gasteiger partial charge in [-0.1, -0.05) is 13.3 Å². The van der Waals surface area contributed by atoms with Crippen LogP contribution in [0.4, 0.5) is 5.82 Å². The Bertz CT molecular complexity index is 353. The quantitative estimate of drug-likeness (QED) is 0.838. The van der Waals surface area contributed by atoms with Gasteiger partial charge < -0.3 is 10.2 Å². The minimum absolute atomic E-state index is 0.754. The summed E-state index contributed by atoms with van der Waals surface area (Å²) < 4.78 is 0. The number of hydrogen-bond acceptors (Lipinski definition) is 4. The predicted molar refractivity (Wildman–Crippen MR) is 70.3 cm³/mol. The van der Waals surface area contributed by atoms with Gasteiger partial charge in [0.05, 0.1) is 0 Å². The van der Waals surface area contributed by atoms with Crippen molar-refractivity contribution in [3.63, 3.8) is 0 Å². The molecule has 0 bridgehead atoms. The van der Waals surface area contributed by atoms with Crippen LogP contribution < -0.4 is 10.2 Å². The fourth-order valence-corrected chi connectivity index (χ4v) is 2.45. The van der Waals surface area contributed by atoms with E-state index in [-0.39, 0.29) is 0 Å². The van der Waals surface area contributed by atoms with Crippen molar-refractivity contribution in [2.45, 2.75) is 26.2 Å². The second-order valence-corrected chi connectivity index (χ2v) is 4.78. The summed E-state index contributed by atoms with van der Waals surface area (Å²) in [6.45, 7) is 5.52. The maximum Gasteiger partial charge on any atom is 0.132 e. The lowest BCUT2D eigenvalue weighted by Gasteiger charge is -2.17. The van der Waals surface area contributed by atoms with Crippen LogP contribution in [-0.4, -0.2) is 36.6 Å². The topological polar surface area (TPSA) is 41.0 Å². The van der Waals surface area contributed by atoms with E-state index >= 15 is 0 Å². The van der Waals surface area contributed by atoms with Gasteiger partial charge in [-0.05, 0) is 32.4 Å². The molecule has 0 spiro atoms. The maximum atomic E-state index is 4.39. The van der Waals surface area contributed by atoms with E-state index in [4.69, 9.17) is 0 Å². The number of aromatic nitrogens is 2. The van der Waals surface area contributed by atoms with Crippen molar-refractivity contribution in [2.75, 3.05) is 31.6 Å². The Morgan fingerprint density at radius 1 is 1.47 bits per heavy atom. The molecular formula is C13H22N4. The van der Waals surface area contributed by atoms with Gasteiger partial charge in [0.1, 0.15) is 12.1 Å². The lowest BCUT2D eigenvalue weighted by molar-refractivity contribution is 0.549. The van der Waals surface area contributed by atoms with Crippen molar-refractivity contribution in [3.8, 4) is 0 Å². The number of nitrogens with one attached hydrogen (secondary N) is 1. The van der Waals surface area contributed by atoms with E-state index in [9.17, 15) is 0 Å². The van der Waals surface area contributed by atoms with E-state index in [1.165, 1.54) is 6.42 Å². The lowest BCUT2D eigenvalue weighted by Crippen LogP contribution is -2.25. The molecule has 1 aliphatic rings. The van der Waals surface area contributed by atoms with E-state index in [0.29, 0.717) is 0 Å². The Kier molecular flexibility index (Phi) is 4.31. The van der Waals surface area contributed by atoms with Crippen LogP contribution in [0.5, 0.6) is 0 Å². The molecule has 1 aromatic heterocycles. The highest BCUT2D eigenvalue weighted by atomic mass is 15.2. The molecule has 1 atom stereocenters. The molecule has 2 rings (SSSR count). The number of nitrogens with zero attached hydrogens (tertiary/aromatic N) is 3. The Balaban J connectivity index is 2.00. The van der Waals surface area contributed by atoms with Crippen LogP contribution >= 0.6 is 0 Å². The molecule has 1 aliphatic heterocycles. The van der Waals surface area contributed by atoms with Crippen molar-refractivity contribution >= 4 is 5.82 Å². The zero-order chi connectivity index (χ0) is 12.1. The van der Waals surface area contributed by atoms with Gasteiger partial charge in [-0.25, -0.2) is 9.97 Å². The number of anilines is 1. The highest BCUT2D eigenvalue weighted by Crippen LogP contribution is 2.21. The molecule has 1 saturated heterocycles. The standard InChI is InChI=1S/C13H22N4/c1-3-4-12-7-13(16-10-15-12)17-6-5-11(9-17)8-14-2/h7,10-11,14H,3-6,8-9H2,1-2H3. The minimum atomic E-state index is 0.754. The van der Waals surface area contributed by atoms with Crippen LogP contribution in [0, 0.1) is 5.92 Å².